The van der Waals surface area contributed by atoms with Crippen LogP contribution < -0.4 is 37.6 Å². The quantitative estimate of drug-likeness (QED) is 0.0376. The number of carboxylic acids is 1. The number of nitrogens with two attached hydrogens (primary N) is 1. The minimum absolute atomic E-state index is 0.0585. The molecular weight excluding hydrogens is 908 g/mol. The van der Waals surface area contributed by atoms with Crippen LogP contribution in [0.2, 0.25) is 5.02 Å². The van der Waals surface area contributed by atoms with Crippen molar-refractivity contribution >= 4 is 63.8 Å². The smallest absolute Gasteiger partial charge is 0.326 e. The molecule has 0 spiro atoms. The number of carbonyl (C=O) groups excluding carboxylic acids is 6. The Kier molecular flexibility index (Phi) is 20.0. The Bertz CT molecular complexity index is 2550. The molecule has 0 aliphatic rings. The molecule has 11 N–H and O–H groups in total. The molecule has 4 aromatic carbocycles. The molecule has 0 aliphatic carbocycles. The number of carboxylic acid groups (broad SMARTS) is 1. The van der Waals surface area contributed by atoms with Crippen LogP contribution in [-0.2, 0) is 59.2 Å². The largest absolute Gasteiger partial charge is 0.508 e. The summed E-state index contributed by atoms with van der Waals surface area (Å²) in [5.74, 6) is -6.17. The van der Waals surface area contributed by atoms with Crippen molar-refractivity contribution in [3.05, 3.63) is 143 Å². The van der Waals surface area contributed by atoms with E-state index in [2.05, 4.69) is 36.9 Å². The molecule has 0 bridgehead atoms. The van der Waals surface area contributed by atoms with Crippen LogP contribution >= 0.6 is 11.6 Å². The van der Waals surface area contributed by atoms with Crippen LogP contribution in [0.25, 0.3) is 10.8 Å². The number of benzene rings is 4. The Balaban J connectivity index is 1.38. The normalized spacial score (nSPS) is 13.6. The van der Waals surface area contributed by atoms with Crippen molar-refractivity contribution in [2.24, 2.45) is 5.73 Å². The number of nitrogens with zero attached hydrogens (tertiary/aromatic N) is 1. The maximum atomic E-state index is 14.5. The number of halogens is 1. The summed E-state index contributed by atoms with van der Waals surface area (Å²) in [5.41, 5.74) is 7.87. The first-order valence-electron chi connectivity index (χ1n) is 22.3. The van der Waals surface area contributed by atoms with E-state index in [1.165, 1.54) is 43.6 Å². The van der Waals surface area contributed by atoms with Crippen molar-refractivity contribution in [1.82, 2.24) is 36.9 Å². The lowest BCUT2D eigenvalue weighted by Crippen LogP contribution is -2.61. The fourth-order valence-electron chi connectivity index (χ4n) is 7.47. The maximum absolute atomic E-state index is 14.5. The molecule has 19 heteroatoms. The highest BCUT2D eigenvalue weighted by atomic mass is 35.5. The van der Waals surface area contributed by atoms with Crippen LogP contribution in [0, 0.1) is 0 Å². The average Bonchev–Trinajstić information content (AvgIpc) is 3.33. The molecule has 0 saturated heterocycles. The fraction of sp³-hybridized carbons (Fsp3) is 0.320. The monoisotopic (exact) mass is 964 g/mol. The summed E-state index contributed by atoms with van der Waals surface area (Å²) in [6.45, 7) is 0.618. The zero-order valence-corrected chi connectivity index (χ0v) is 38.7. The molecule has 364 valence electrons. The number of phenols is 1. The second-order valence-electron chi connectivity index (χ2n) is 16.5. The average molecular weight is 966 g/mol. The van der Waals surface area contributed by atoms with Gasteiger partial charge in [-0.25, -0.2) is 4.79 Å². The Labute approximate surface area is 403 Å². The van der Waals surface area contributed by atoms with Crippen molar-refractivity contribution in [2.75, 3.05) is 13.2 Å². The zero-order chi connectivity index (χ0) is 49.9. The number of aliphatic carboxylic acids is 1. The van der Waals surface area contributed by atoms with Gasteiger partial charge in [0.15, 0.2) is 0 Å². The van der Waals surface area contributed by atoms with Crippen LogP contribution in [0.15, 0.2) is 116 Å². The molecule has 18 nitrogen and oxygen atoms in total. The summed E-state index contributed by atoms with van der Waals surface area (Å²) in [4.78, 5) is 99.0. The number of carbonyl (C=O) groups is 7. The summed E-state index contributed by atoms with van der Waals surface area (Å²) >= 11 is 6.15. The van der Waals surface area contributed by atoms with E-state index < -0.39 is 84.3 Å². The first-order valence-corrected chi connectivity index (χ1v) is 22.7. The number of nitrogens with one attached hydrogen (secondary N) is 6. The van der Waals surface area contributed by atoms with Crippen LogP contribution in [0.4, 0.5) is 0 Å². The van der Waals surface area contributed by atoms with E-state index in [4.69, 9.17) is 17.3 Å². The second kappa shape index (κ2) is 26.2. The Morgan fingerprint density at radius 3 is 1.57 bits per heavy atom. The first-order chi connectivity index (χ1) is 33.1. The summed E-state index contributed by atoms with van der Waals surface area (Å²) in [6, 6.07) is 20.5. The minimum Gasteiger partial charge on any atom is -0.508 e. The fourth-order valence-corrected chi connectivity index (χ4v) is 7.59. The summed E-state index contributed by atoms with van der Waals surface area (Å²) in [6.07, 6.45) is 3.59. The van der Waals surface area contributed by atoms with Crippen molar-refractivity contribution < 1.29 is 48.9 Å². The van der Waals surface area contributed by atoms with Gasteiger partial charge < -0.3 is 53.0 Å². The SMILES string of the molecule is CC(=O)N[C@H](Cc1ccc2ccccc2c1)C(=O)N[C@H](Cc1ccc(Cl)cc1)C(=O)N[C@H](Cc1cccnc1)C(=O)N[C@@H](CO)C(=O)N[C@@H](Cc1ccc(O)cc1)C(=O)N[C@H](CCCCN)C(=O)O. The number of aromatic hydroxyl groups is 1. The molecule has 0 fully saturated rings. The lowest BCUT2D eigenvalue weighted by Gasteiger charge is -2.27. The number of hydrogen-bond donors (Lipinski definition) is 10. The predicted molar refractivity (Wildman–Crippen MR) is 257 cm³/mol. The highest BCUT2D eigenvalue weighted by molar-refractivity contribution is 6.30. The highest BCUT2D eigenvalue weighted by Gasteiger charge is 2.34. The summed E-state index contributed by atoms with van der Waals surface area (Å²) in [7, 11) is 0. The number of aromatic nitrogens is 1. The standard InChI is InChI=1S/C50H57ClN8O10/c1-30(61)54-40(26-33-11-16-35-8-2-3-9-36(35)23-33)45(63)56-42(24-31-12-17-37(51)18-13-31)47(65)57-43(27-34-7-6-22-53-28-34)48(66)59-44(29-60)49(67)58-41(25-32-14-19-38(62)20-15-32)46(64)55-39(50(68)69)10-4-5-21-52/h2-3,6-9,11-20,22-23,28,39-44,60,62H,4-5,10,21,24-27,29,52H2,1H3,(H,54,61)(H,55,64)(H,56,63)(H,57,65)(H,58,67)(H,59,66)(H,68,69)/t39-,40-,41+,42-,43-,44+/m1/s1. The Morgan fingerprint density at radius 1 is 0.565 bits per heavy atom. The second-order valence-corrected chi connectivity index (χ2v) is 17.0. The lowest BCUT2D eigenvalue weighted by atomic mass is 9.99. The molecule has 0 saturated carbocycles. The molecule has 6 amide bonds. The number of unbranched alkanes of at least 4 members (excludes halogenated alkanes) is 1. The van der Waals surface area contributed by atoms with Crippen LogP contribution in [0.3, 0.4) is 0 Å². The number of rotatable bonds is 25. The number of hydrogen-bond acceptors (Lipinski definition) is 11. The van der Waals surface area contributed by atoms with Gasteiger partial charge in [0.05, 0.1) is 6.61 Å². The van der Waals surface area contributed by atoms with E-state index in [0.717, 1.165) is 16.3 Å². The molecular formula is C50H57ClN8O10. The van der Waals surface area contributed by atoms with Gasteiger partial charge in [0.2, 0.25) is 35.4 Å². The van der Waals surface area contributed by atoms with E-state index in [1.807, 2.05) is 42.5 Å². The van der Waals surface area contributed by atoms with Gasteiger partial charge in [0, 0.05) is 50.0 Å². The van der Waals surface area contributed by atoms with E-state index >= 15 is 0 Å². The van der Waals surface area contributed by atoms with Gasteiger partial charge in [-0.15, -0.1) is 0 Å². The van der Waals surface area contributed by atoms with Crippen molar-refractivity contribution in [3.63, 3.8) is 0 Å². The van der Waals surface area contributed by atoms with Gasteiger partial charge in [0.25, 0.3) is 0 Å². The number of amides is 6. The van der Waals surface area contributed by atoms with E-state index in [1.54, 1.807) is 36.4 Å². The number of aliphatic hydroxyl groups excluding tert-OH is 1. The predicted octanol–water partition coefficient (Wildman–Crippen LogP) is 2.00. The zero-order valence-electron chi connectivity index (χ0n) is 37.9. The number of pyridine rings is 1. The third-order valence-electron chi connectivity index (χ3n) is 11.1. The van der Waals surface area contributed by atoms with Crippen molar-refractivity contribution in [1.29, 1.82) is 0 Å². The molecule has 0 unspecified atom stereocenters. The van der Waals surface area contributed by atoms with Crippen molar-refractivity contribution in [3.8, 4) is 5.75 Å². The summed E-state index contributed by atoms with van der Waals surface area (Å²) in [5, 5.41) is 48.0. The van der Waals surface area contributed by atoms with Crippen molar-refractivity contribution in [2.45, 2.75) is 88.1 Å². The van der Waals surface area contributed by atoms with Crippen LogP contribution in [0.1, 0.15) is 48.4 Å². The lowest BCUT2D eigenvalue weighted by molar-refractivity contribution is -0.142. The molecule has 1 aromatic heterocycles. The third-order valence-corrected chi connectivity index (χ3v) is 11.4. The maximum Gasteiger partial charge on any atom is 0.326 e. The van der Waals surface area contributed by atoms with Gasteiger partial charge in [-0.1, -0.05) is 84.4 Å². The highest BCUT2D eigenvalue weighted by Crippen LogP contribution is 2.18. The molecule has 0 aliphatic heterocycles. The van der Waals surface area contributed by atoms with E-state index in [9.17, 15) is 48.9 Å². The van der Waals surface area contributed by atoms with Crippen LogP contribution in [0.5, 0.6) is 5.75 Å². The Hall–Kier alpha value is -7.41. The Morgan fingerprint density at radius 2 is 1.04 bits per heavy atom. The number of aliphatic hydroxyl groups is 1. The number of fused-ring (bicyclic) bond motifs is 1. The first kappa shape index (κ1) is 52.6. The topological polar surface area (TPSA) is 291 Å². The minimum atomic E-state index is -1.70. The van der Waals surface area contributed by atoms with Gasteiger partial charge in [-0.2, -0.15) is 0 Å². The van der Waals surface area contributed by atoms with Gasteiger partial charge in [0.1, 0.15) is 42.0 Å². The van der Waals surface area contributed by atoms with E-state index in [-0.39, 0.29) is 37.9 Å². The molecule has 69 heavy (non-hydrogen) atoms. The van der Waals surface area contributed by atoms with Crippen LogP contribution in [-0.4, -0.2) is 111 Å². The van der Waals surface area contributed by atoms with Gasteiger partial charge in [-0.05, 0) is 89.2 Å². The third kappa shape index (κ3) is 16.7. The molecule has 5 rings (SSSR count). The van der Waals surface area contributed by atoms with Gasteiger partial charge >= 0.3 is 5.97 Å². The van der Waals surface area contributed by atoms with E-state index in [0.29, 0.717) is 41.1 Å². The van der Waals surface area contributed by atoms with Gasteiger partial charge in [-0.3, -0.25) is 33.8 Å². The molecule has 5 aromatic rings. The molecule has 6 atom stereocenters. The molecule has 0 radical (unpaired) electrons. The summed E-state index contributed by atoms with van der Waals surface area (Å²) < 4.78 is 0. The number of phenolic OH excluding ortho intramolecular Hbond substituents is 1. The molecule has 1 heterocycles.